The van der Waals surface area contributed by atoms with E-state index < -0.39 is 76.6 Å². The molecule has 0 bridgehead atoms. The van der Waals surface area contributed by atoms with E-state index in [4.69, 9.17) is 28.5 Å². The Labute approximate surface area is 277 Å². The fourth-order valence-electron chi connectivity index (χ4n) is 6.28. The van der Waals surface area contributed by atoms with Crippen LogP contribution in [0.5, 0.6) is 17.5 Å². The third-order valence-electron chi connectivity index (χ3n) is 8.52. The van der Waals surface area contributed by atoms with Gasteiger partial charge in [-0.05, 0) is 56.1 Å². The summed E-state index contributed by atoms with van der Waals surface area (Å²) >= 11 is 6.67. The van der Waals surface area contributed by atoms with E-state index in [-0.39, 0.29) is 44.7 Å². The Morgan fingerprint density at radius 3 is 2.58 bits per heavy atom. The average molecular weight is 681 g/mol. The fraction of sp³-hybridized carbons (Fsp3) is 0.265. The van der Waals surface area contributed by atoms with Gasteiger partial charge in [-0.15, -0.1) is 6.42 Å². The second-order valence-electron chi connectivity index (χ2n) is 11.8. The van der Waals surface area contributed by atoms with E-state index in [0.29, 0.717) is 5.56 Å². The van der Waals surface area contributed by atoms with E-state index in [1.807, 2.05) is 0 Å². The highest BCUT2D eigenvalue weighted by Crippen LogP contribution is 2.48. The first-order valence-electron chi connectivity index (χ1n) is 14.8. The summed E-state index contributed by atoms with van der Waals surface area (Å²) in [6, 6.07) is 6.57. The number of likely N-dealkylation sites (tertiary alicyclic amines) is 1. The Bertz CT molecular complexity index is 2140. The van der Waals surface area contributed by atoms with Crippen LogP contribution in [0.25, 0.3) is 32.8 Å². The summed E-state index contributed by atoms with van der Waals surface area (Å²) in [5.74, 6) is -3.42. The van der Waals surface area contributed by atoms with Crippen LogP contribution in [0.3, 0.4) is 0 Å². The van der Waals surface area contributed by atoms with Gasteiger partial charge in [0.15, 0.2) is 5.82 Å². The van der Waals surface area contributed by atoms with Crippen LogP contribution in [-0.4, -0.2) is 61.7 Å². The zero-order valence-corrected chi connectivity index (χ0v) is 26.6. The van der Waals surface area contributed by atoms with E-state index in [1.165, 1.54) is 23.2 Å². The normalized spacial score (nSPS) is 17.4. The third kappa shape index (κ3) is 5.71. The van der Waals surface area contributed by atoms with Crippen LogP contribution in [0.1, 0.15) is 37.4 Å². The molecule has 1 fully saturated rings. The van der Waals surface area contributed by atoms with Crippen molar-refractivity contribution < 1.29 is 32.5 Å². The molecule has 0 aliphatic carbocycles. The number of phenolic OH excluding ortho intramolecular Hbond substituents is 2. The van der Waals surface area contributed by atoms with E-state index in [9.17, 15) is 23.4 Å². The van der Waals surface area contributed by atoms with Crippen molar-refractivity contribution in [1.82, 2.24) is 19.9 Å². The Hall–Kier alpha value is -5.06. The summed E-state index contributed by atoms with van der Waals surface area (Å²) in [6.45, 7) is 2.82. The zero-order valence-electron chi connectivity index (χ0n) is 25.8. The van der Waals surface area contributed by atoms with Gasteiger partial charge in [-0.3, -0.25) is 4.90 Å². The first kappa shape index (κ1) is 32.9. The van der Waals surface area contributed by atoms with Crippen molar-refractivity contribution in [2.75, 3.05) is 24.6 Å². The average Bonchev–Trinajstić information content (AvgIpc) is 3.31. The number of nitrogens with zero attached hydrogens (tertiary/aromatic N) is 4. The number of anilines is 2. The SMILES string of the molecule is C#Cc1c(F)ccc2cc(O)cc(-c3c(Cl)c(O)c4c(N[C@H](C)c5cccnc5N)nc(OC(C)[C@@H]5CC(F)(F)CN5C)nc4c3F)c12. The minimum Gasteiger partial charge on any atom is -0.508 e. The molecule has 5 aromatic rings. The van der Waals surface area contributed by atoms with Crippen LogP contribution in [0, 0.1) is 24.0 Å². The molecule has 5 N–H and O–H groups in total. The number of aromatic nitrogens is 3. The molecule has 248 valence electrons. The number of nitrogens with one attached hydrogen (secondary N) is 1. The Balaban J connectivity index is 1.59. The van der Waals surface area contributed by atoms with Crippen molar-refractivity contribution in [3.05, 3.63) is 70.4 Å². The number of terminal acetylenes is 1. The molecule has 0 spiro atoms. The highest BCUT2D eigenvalue weighted by atomic mass is 35.5. The number of hydrogen-bond acceptors (Lipinski definition) is 9. The fourth-order valence-corrected chi connectivity index (χ4v) is 6.56. The molecule has 3 heterocycles. The Kier molecular flexibility index (Phi) is 8.35. The van der Waals surface area contributed by atoms with Gasteiger partial charge >= 0.3 is 6.01 Å². The second-order valence-corrected chi connectivity index (χ2v) is 12.2. The molecule has 48 heavy (non-hydrogen) atoms. The van der Waals surface area contributed by atoms with Crippen molar-refractivity contribution in [2.45, 2.75) is 44.4 Å². The quantitative estimate of drug-likeness (QED) is 0.106. The molecule has 0 radical (unpaired) electrons. The summed E-state index contributed by atoms with van der Waals surface area (Å²) < 4.78 is 66.2. The highest BCUT2D eigenvalue weighted by molar-refractivity contribution is 6.37. The molecule has 1 aliphatic rings. The summed E-state index contributed by atoms with van der Waals surface area (Å²) in [4.78, 5) is 14.2. The summed E-state index contributed by atoms with van der Waals surface area (Å²) in [7, 11) is 1.54. The van der Waals surface area contributed by atoms with Crippen molar-refractivity contribution >= 4 is 44.9 Å². The lowest BCUT2D eigenvalue weighted by atomic mass is 9.92. The largest absolute Gasteiger partial charge is 0.508 e. The topological polar surface area (TPSA) is 130 Å². The number of ether oxygens (including phenoxy) is 1. The number of fused-ring (bicyclic) bond motifs is 2. The molecule has 3 atom stereocenters. The minimum atomic E-state index is -2.93. The van der Waals surface area contributed by atoms with Gasteiger partial charge in [-0.25, -0.2) is 22.5 Å². The molecule has 0 amide bonds. The first-order chi connectivity index (χ1) is 22.7. The van der Waals surface area contributed by atoms with Gasteiger partial charge in [0.1, 0.15) is 40.6 Å². The van der Waals surface area contributed by atoms with Gasteiger partial charge in [-0.2, -0.15) is 9.97 Å². The Morgan fingerprint density at radius 2 is 1.92 bits per heavy atom. The van der Waals surface area contributed by atoms with Crippen LogP contribution in [0.15, 0.2) is 42.6 Å². The smallest absolute Gasteiger partial charge is 0.319 e. The molecule has 6 rings (SSSR count). The maximum atomic E-state index is 16.9. The molecular formula is C34H29ClF4N6O3. The van der Waals surface area contributed by atoms with Gasteiger partial charge in [0.05, 0.1) is 34.6 Å². The van der Waals surface area contributed by atoms with Gasteiger partial charge < -0.3 is 26.0 Å². The molecule has 1 aliphatic heterocycles. The van der Waals surface area contributed by atoms with Crippen LogP contribution in [-0.2, 0) is 0 Å². The van der Waals surface area contributed by atoms with Crippen molar-refractivity contribution in [2.24, 2.45) is 0 Å². The number of benzene rings is 3. The van der Waals surface area contributed by atoms with Gasteiger partial charge in [-0.1, -0.05) is 29.7 Å². The van der Waals surface area contributed by atoms with E-state index in [2.05, 4.69) is 26.2 Å². The van der Waals surface area contributed by atoms with Crippen molar-refractivity contribution in [3.63, 3.8) is 0 Å². The first-order valence-corrected chi connectivity index (χ1v) is 15.1. The minimum absolute atomic E-state index is 0.0539. The van der Waals surface area contributed by atoms with E-state index in [0.717, 1.165) is 12.1 Å². The summed E-state index contributed by atoms with van der Waals surface area (Å²) in [6.07, 6.45) is 5.78. The van der Waals surface area contributed by atoms with Crippen LogP contribution in [0.2, 0.25) is 5.02 Å². The Morgan fingerprint density at radius 1 is 1.17 bits per heavy atom. The molecule has 14 heteroatoms. The molecule has 9 nitrogen and oxygen atoms in total. The maximum absolute atomic E-state index is 16.9. The number of halogens is 5. The van der Waals surface area contributed by atoms with Crippen molar-refractivity contribution in [3.8, 4) is 41.0 Å². The van der Waals surface area contributed by atoms with Crippen molar-refractivity contribution in [1.29, 1.82) is 0 Å². The number of nitrogens with two attached hydrogens (primary N) is 1. The molecule has 3 aromatic carbocycles. The van der Waals surface area contributed by atoms with Gasteiger partial charge in [0, 0.05) is 29.1 Å². The number of nitrogen functional groups attached to an aromatic ring is 1. The number of aromatic hydroxyl groups is 2. The monoisotopic (exact) mass is 680 g/mol. The lowest BCUT2D eigenvalue weighted by Crippen LogP contribution is -2.38. The number of alkyl halides is 2. The lowest BCUT2D eigenvalue weighted by Gasteiger charge is -2.26. The second kappa shape index (κ2) is 12.2. The number of hydrogen-bond donors (Lipinski definition) is 4. The predicted octanol–water partition coefficient (Wildman–Crippen LogP) is 7.03. The summed E-state index contributed by atoms with van der Waals surface area (Å²) in [5.41, 5.74) is 5.37. The molecule has 2 aromatic heterocycles. The lowest BCUT2D eigenvalue weighted by molar-refractivity contribution is 0.0127. The number of pyridine rings is 1. The van der Waals surface area contributed by atoms with Crippen LogP contribution >= 0.6 is 11.6 Å². The van der Waals surface area contributed by atoms with Gasteiger partial charge in [0.2, 0.25) is 0 Å². The third-order valence-corrected chi connectivity index (χ3v) is 8.89. The predicted molar refractivity (Wildman–Crippen MR) is 175 cm³/mol. The molecule has 1 unspecified atom stereocenters. The molecule has 1 saturated heterocycles. The molecule has 0 saturated carbocycles. The van der Waals surface area contributed by atoms with Gasteiger partial charge in [0.25, 0.3) is 5.92 Å². The highest BCUT2D eigenvalue weighted by Gasteiger charge is 2.46. The van der Waals surface area contributed by atoms with E-state index >= 15 is 4.39 Å². The zero-order chi connectivity index (χ0) is 34.7. The summed E-state index contributed by atoms with van der Waals surface area (Å²) in [5, 5.41) is 24.8. The standard InChI is InChI=1S/C34H29ClF4N6O3/c1-5-19-22(36)9-8-17-11-18(46)12-21(24(17)19)25-27(35)30(47)26-29(28(25)37)43-33(48-16(3)23-13-34(38,39)14-45(23)4)44-32(26)42-15(2)20-7-6-10-41-31(20)40/h1,6-12,15-16,23,46-47H,13-14H2,2-4H3,(H2,40,41)(H,42,43,44)/t15-,16?,23+/m1/s1. The van der Waals surface area contributed by atoms with Crippen LogP contribution in [0.4, 0.5) is 29.2 Å². The number of rotatable bonds is 7. The number of phenols is 2. The van der Waals surface area contributed by atoms with E-state index in [1.54, 1.807) is 33.0 Å². The maximum Gasteiger partial charge on any atom is 0.319 e. The number of likely N-dealkylation sites (N-methyl/N-ethyl adjacent to an activating group) is 1. The van der Waals surface area contributed by atoms with Crippen LogP contribution < -0.4 is 15.8 Å². The molecular weight excluding hydrogens is 652 g/mol.